The molecule has 0 radical (unpaired) electrons. The van der Waals surface area contributed by atoms with Crippen LogP contribution in [0, 0.1) is 5.82 Å². The molecule has 0 aromatic heterocycles. The lowest BCUT2D eigenvalue weighted by Gasteiger charge is -2.15. The molecule has 0 fully saturated rings. The van der Waals surface area contributed by atoms with Crippen molar-refractivity contribution in [3.63, 3.8) is 0 Å². The van der Waals surface area contributed by atoms with Gasteiger partial charge >= 0.3 is 11.9 Å². The molecule has 0 heterocycles. The fourth-order valence-electron chi connectivity index (χ4n) is 4.28. The topological polar surface area (TPSA) is 72.8 Å². The van der Waals surface area contributed by atoms with Crippen LogP contribution in [0.4, 0.5) is 4.39 Å². The standard InChI is InChI=1S/C34H36ClFO5/c1-5-6-7-8-24-9-11-25(12-10-24)30-16-15-29(31(35)32(30)36)27-13-14-28(21-41-34(39)23(4)20-37)26(19-27)17-18-40-33(38)22(2)3/h9-16,19,37H,2,4-8,17-18,20-21H2,1,3H3. The zero-order valence-electron chi connectivity index (χ0n) is 23.6. The Hall–Kier alpha value is -3.74. The fourth-order valence-corrected chi connectivity index (χ4v) is 4.55. The lowest BCUT2D eigenvalue weighted by Crippen LogP contribution is -2.12. The van der Waals surface area contributed by atoms with Crippen LogP contribution in [0.15, 0.2) is 78.9 Å². The molecule has 0 aliphatic rings. The number of carbonyl (C=O) groups excluding carboxylic acids is 2. The number of benzene rings is 3. The van der Waals surface area contributed by atoms with E-state index in [9.17, 15) is 9.59 Å². The number of hydrogen-bond donors (Lipinski definition) is 1. The van der Waals surface area contributed by atoms with Gasteiger partial charge in [-0.15, -0.1) is 0 Å². The van der Waals surface area contributed by atoms with Crippen LogP contribution in [0.25, 0.3) is 22.3 Å². The summed E-state index contributed by atoms with van der Waals surface area (Å²) in [6.45, 7) is 10.3. The molecule has 0 bridgehead atoms. The number of halogens is 2. The number of carbonyl (C=O) groups is 2. The highest BCUT2D eigenvalue weighted by atomic mass is 35.5. The van der Waals surface area contributed by atoms with Gasteiger partial charge in [0.2, 0.25) is 0 Å². The molecule has 7 heteroatoms. The lowest BCUT2D eigenvalue weighted by atomic mass is 9.95. The predicted molar refractivity (Wildman–Crippen MR) is 161 cm³/mol. The van der Waals surface area contributed by atoms with Gasteiger partial charge in [-0.05, 0) is 47.6 Å². The Kier molecular flexibility index (Phi) is 11.9. The van der Waals surface area contributed by atoms with Gasteiger partial charge in [-0.1, -0.05) is 99.1 Å². The first kappa shape index (κ1) is 31.8. The van der Waals surface area contributed by atoms with Crippen LogP contribution in [0.5, 0.6) is 0 Å². The van der Waals surface area contributed by atoms with Crippen LogP contribution in [0.3, 0.4) is 0 Å². The van der Waals surface area contributed by atoms with Crippen molar-refractivity contribution in [3.05, 3.63) is 106 Å². The monoisotopic (exact) mass is 578 g/mol. The number of unbranched alkanes of at least 4 members (excludes halogenated alkanes) is 2. The molecule has 3 rings (SSSR count). The normalized spacial score (nSPS) is 10.8. The van der Waals surface area contributed by atoms with E-state index in [0.29, 0.717) is 28.7 Å². The van der Waals surface area contributed by atoms with Crippen LogP contribution in [0.2, 0.25) is 5.02 Å². The molecule has 0 atom stereocenters. The average Bonchev–Trinajstić information content (AvgIpc) is 2.97. The summed E-state index contributed by atoms with van der Waals surface area (Å²) in [6.07, 6.45) is 4.78. The van der Waals surface area contributed by atoms with Crippen LogP contribution in [0.1, 0.15) is 49.8 Å². The number of aryl methyl sites for hydroxylation is 1. The smallest absolute Gasteiger partial charge is 0.336 e. The van der Waals surface area contributed by atoms with Crippen molar-refractivity contribution >= 4 is 23.5 Å². The van der Waals surface area contributed by atoms with Crippen LogP contribution in [-0.4, -0.2) is 30.3 Å². The van der Waals surface area contributed by atoms with Crippen molar-refractivity contribution in [1.82, 2.24) is 0 Å². The largest absolute Gasteiger partial charge is 0.462 e. The molecule has 0 aliphatic heterocycles. The molecule has 3 aromatic carbocycles. The highest BCUT2D eigenvalue weighted by Gasteiger charge is 2.17. The number of esters is 2. The summed E-state index contributed by atoms with van der Waals surface area (Å²) in [6, 6.07) is 16.7. The van der Waals surface area contributed by atoms with Gasteiger partial charge in [0.15, 0.2) is 0 Å². The molecule has 3 aromatic rings. The van der Waals surface area contributed by atoms with Gasteiger partial charge in [0.25, 0.3) is 0 Å². The number of ether oxygens (including phenoxy) is 2. The summed E-state index contributed by atoms with van der Waals surface area (Å²) in [5.41, 5.74) is 5.14. The third-order valence-corrected chi connectivity index (χ3v) is 7.09. The third-order valence-electron chi connectivity index (χ3n) is 6.72. The number of rotatable bonds is 14. The van der Waals surface area contributed by atoms with E-state index in [0.717, 1.165) is 30.4 Å². The summed E-state index contributed by atoms with van der Waals surface area (Å²) < 4.78 is 26.1. The summed E-state index contributed by atoms with van der Waals surface area (Å²) in [5, 5.41) is 9.12. The molecular formula is C34H36ClFO5. The summed E-state index contributed by atoms with van der Waals surface area (Å²) in [5.74, 6) is -1.74. The van der Waals surface area contributed by atoms with Gasteiger partial charge in [-0.2, -0.15) is 0 Å². The van der Waals surface area contributed by atoms with Gasteiger partial charge in [-0.3, -0.25) is 0 Å². The average molecular weight is 579 g/mol. The van der Waals surface area contributed by atoms with E-state index in [1.807, 2.05) is 30.3 Å². The Labute approximate surface area is 246 Å². The number of aliphatic hydroxyl groups is 1. The van der Waals surface area contributed by atoms with Crippen molar-refractivity contribution in [2.75, 3.05) is 13.2 Å². The van der Waals surface area contributed by atoms with Crippen molar-refractivity contribution in [3.8, 4) is 22.3 Å². The van der Waals surface area contributed by atoms with E-state index in [4.69, 9.17) is 26.2 Å². The molecule has 0 unspecified atom stereocenters. The van der Waals surface area contributed by atoms with Gasteiger partial charge in [0.05, 0.1) is 23.8 Å². The number of aliphatic hydroxyl groups excluding tert-OH is 1. The van der Waals surface area contributed by atoms with Gasteiger partial charge in [-0.25, -0.2) is 14.0 Å². The molecular weight excluding hydrogens is 543 g/mol. The van der Waals surface area contributed by atoms with E-state index in [1.54, 1.807) is 31.2 Å². The van der Waals surface area contributed by atoms with Gasteiger partial charge in [0.1, 0.15) is 12.4 Å². The maximum absolute atomic E-state index is 15.6. The van der Waals surface area contributed by atoms with Crippen LogP contribution >= 0.6 is 11.6 Å². The highest BCUT2D eigenvalue weighted by Crippen LogP contribution is 2.36. The molecule has 0 saturated carbocycles. The third kappa shape index (κ3) is 8.62. The molecule has 41 heavy (non-hydrogen) atoms. The summed E-state index contributed by atoms with van der Waals surface area (Å²) >= 11 is 6.57. The van der Waals surface area contributed by atoms with Crippen LogP contribution in [-0.2, 0) is 38.5 Å². The minimum absolute atomic E-state index is 0.00685. The van der Waals surface area contributed by atoms with Crippen molar-refractivity contribution in [2.45, 2.75) is 52.6 Å². The molecule has 1 N–H and O–H groups in total. The Morgan fingerprint density at radius 3 is 2.22 bits per heavy atom. The summed E-state index contributed by atoms with van der Waals surface area (Å²) in [4.78, 5) is 23.9. The maximum Gasteiger partial charge on any atom is 0.336 e. The van der Waals surface area contributed by atoms with Crippen molar-refractivity contribution < 1.29 is 28.6 Å². The lowest BCUT2D eigenvalue weighted by molar-refractivity contribution is -0.140. The second-order valence-corrected chi connectivity index (χ2v) is 10.3. The van der Waals surface area contributed by atoms with E-state index in [-0.39, 0.29) is 29.4 Å². The molecule has 0 spiro atoms. The van der Waals surface area contributed by atoms with E-state index >= 15 is 4.39 Å². The van der Waals surface area contributed by atoms with Crippen molar-refractivity contribution in [1.29, 1.82) is 0 Å². The maximum atomic E-state index is 15.6. The molecule has 0 aliphatic carbocycles. The Morgan fingerprint density at radius 1 is 0.878 bits per heavy atom. The zero-order valence-corrected chi connectivity index (χ0v) is 24.4. The Balaban J connectivity index is 1.88. The van der Waals surface area contributed by atoms with Gasteiger partial charge in [0, 0.05) is 23.1 Å². The molecule has 0 amide bonds. The van der Waals surface area contributed by atoms with Crippen LogP contribution < -0.4 is 0 Å². The minimum Gasteiger partial charge on any atom is -0.462 e. The van der Waals surface area contributed by atoms with E-state index < -0.39 is 24.4 Å². The molecule has 5 nitrogen and oxygen atoms in total. The first-order chi connectivity index (χ1) is 19.7. The second-order valence-electron chi connectivity index (χ2n) is 9.93. The van der Waals surface area contributed by atoms with Gasteiger partial charge < -0.3 is 14.6 Å². The minimum atomic E-state index is -0.717. The zero-order chi connectivity index (χ0) is 29.9. The fraction of sp³-hybridized carbons (Fsp3) is 0.294. The number of hydrogen-bond acceptors (Lipinski definition) is 5. The quantitative estimate of drug-likeness (QED) is 0.120. The highest BCUT2D eigenvalue weighted by molar-refractivity contribution is 6.33. The Bertz CT molecular complexity index is 1410. The van der Waals surface area contributed by atoms with E-state index in [2.05, 4.69) is 20.1 Å². The first-order valence-corrected chi connectivity index (χ1v) is 14.0. The first-order valence-electron chi connectivity index (χ1n) is 13.6. The SMILES string of the molecule is C=C(C)C(=O)OCCc1cc(-c2ccc(-c3ccc(CCCCC)cc3)c(F)c2Cl)ccc1COC(=O)C(=C)CO. The van der Waals surface area contributed by atoms with E-state index in [1.165, 1.54) is 12.0 Å². The molecule has 0 saturated heterocycles. The predicted octanol–water partition coefficient (Wildman–Crippen LogP) is 7.80. The molecule has 216 valence electrons. The van der Waals surface area contributed by atoms with Crippen molar-refractivity contribution in [2.24, 2.45) is 0 Å². The summed E-state index contributed by atoms with van der Waals surface area (Å²) in [7, 11) is 0. The Morgan fingerprint density at radius 2 is 1.56 bits per heavy atom. The second kappa shape index (κ2) is 15.3.